The molecule has 1 aromatic heterocycles. The SMILES string of the molecule is CCOC(=O)c1c(NC(=O)COc2ccc(Br)cc2Br)sc2c1CC[C@H](C)C2. The molecule has 0 saturated carbocycles. The summed E-state index contributed by atoms with van der Waals surface area (Å²) in [4.78, 5) is 26.1. The summed E-state index contributed by atoms with van der Waals surface area (Å²) in [6.07, 6.45) is 2.79. The highest BCUT2D eigenvalue weighted by molar-refractivity contribution is 9.11. The van der Waals surface area contributed by atoms with Crippen LogP contribution in [0.1, 0.15) is 41.1 Å². The third-order valence-corrected chi connectivity index (χ3v) is 6.78. The molecule has 0 fully saturated rings. The lowest BCUT2D eigenvalue weighted by molar-refractivity contribution is -0.118. The number of hydrogen-bond acceptors (Lipinski definition) is 5. The number of thiophene rings is 1. The van der Waals surface area contributed by atoms with Gasteiger partial charge in [0, 0.05) is 9.35 Å². The van der Waals surface area contributed by atoms with Gasteiger partial charge in [0.2, 0.25) is 0 Å². The average Bonchev–Trinajstić information content (AvgIpc) is 2.97. The lowest BCUT2D eigenvalue weighted by Crippen LogP contribution is -2.21. The van der Waals surface area contributed by atoms with E-state index in [9.17, 15) is 9.59 Å². The van der Waals surface area contributed by atoms with Gasteiger partial charge in [-0.25, -0.2) is 4.79 Å². The molecule has 0 unspecified atom stereocenters. The summed E-state index contributed by atoms with van der Waals surface area (Å²) < 4.78 is 12.5. The second-order valence-corrected chi connectivity index (χ2v) is 9.56. The van der Waals surface area contributed by atoms with Crippen LogP contribution in [0.15, 0.2) is 27.1 Å². The first kappa shape index (κ1) is 21.3. The van der Waals surface area contributed by atoms with E-state index in [0.29, 0.717) is 28.8 Å². The Labute approximate surface area is 185 Å². The monoisotopic (exact) mass is 529 g/mol. The Bertz CT molecular complexity index is 897. The highest BCUT2D eigenvalue weighted by Gasteiger charge is 2.29. The van der Waals surface area contributed by atoms with Crippen molar-refractivity contribution in [3.05, 3.63) is 43.1 Å². The molecule has 5 nitrogen and oxygen atoms in total. The molecule has 1 atom stereocenters. The minimum absolute atomic E-state index is 0.151. The fourth-order valence-electron chi connectivity index (χ4n) is 3.16. The van der Waals surface area contributed by atoms with E-state index in [1.165, 1.54) is 11.3 Å². The number of carbonyl (C=O) groups excluding carboxylic acids is 2. The first-order chi connectivity index (χ1) is 13.4. The average molecular weight is 531 g/mol. The molecule has 1 aliphatic rings. The quantitative estimate of drug-likeness (QED) is 0.494. The van der Waals surface area contributed by atoms with E-state index in [4.69, 9.17) is 9.47 Å². The normalized spacial score (nSPS) is 15.6. The molecule has 150 valence electrons. The largest absolute Gasteiger partial charge is 0.483 e. The van der Waals surface area contributed by atoms with E-state index in [2.05, 4.69) is 44.1 Å². The van der Waals surface area contributed by atoms with E-state index in [1.54, 1.807) is 13.0 Å². The number of rotatable bonds is 6. The van der Waals surface area contributed by atoms with Crippen molar-refractivity contribution in [2.45, 2.75) is 33.1 Å². The Kier molecular flexibility index (Phi) is 7.17. The van der Waals surface area contributed by atoms with Crippen molar-refractivity contribution in [2.24, 2.45) is 5.92 Å². The van der Waals surface area contributed by atoms with Crippen molar-refractivity contribution >= 4 is 60.1 Å². The number of hydrogen-bond donors (Lipinski definition) is 1. The van der Waals surface area contributed by atoms with Crippen LogP contribution in [0.3, 0.4) is 0 Å². The van der Waals surface area contributed by atoms with Gasteiger partial charge in [0.15, 0.2) is 6.61 Å². The zero-order valence-electron chi connectivity index (χ0n) is 15.6. The van der Waals surface area contributed by atoms with Crippen molar-refractivity contribution in [3.8, 4) is 5.75 Å². The number of halogens is 2. The fraction of sp³-hybridized carbons (Fsp3) is 0.400. The first-order valence-corrected chi connectivity index (χ1v) is 11.5. The van der Waals surface area contributed by atoms with Crippen molar-refractivity contribution in [2.75, 3.05) is 18.5 Å². The molecule has 0 bridgehead atoms. The first-order valence-electron chi connectivity index (χ1n) is 9.08. The number of fused-ring (bicyclic) bond motifs is 1. The van der Waals surface area contributed by atoms with E-state index >= 15 is 0 Å². The molecule has 0 aliphatic heterocycles. The maximum Gasteiger partial charge on any atom is 0.341 e. The number of nitrogens with one attached hydrogen (secondary N) is 1. The van der Waals surface area contributed by atoms with Gasteiger partial charge in [-0.2, -0.15) is 0 Å². The molecule has 1 aliphatic carbocycles. The Morgan fingerprint density at radius 1 is 1.32 bits per heavy atom. The zero-order valence-corrected chi connectivity index (χ0v) is 19.6. The molecule has 1 heterocycles. The van der Waals surface area contributed by atoms with Crippen LogP contribution in [-0.2, 0) is 22.4 Å². The summed E-state index contributed by atoms with van der Waals surface area (Å²) in [6, 6.07) is 5.46. The van der Waals surface area contributed by atoms with Gasteiger partial charge < -0.3 is 14.8 Å². The number of carbonyl (C=O) groups is 2. The van der Waals surface area contributed by atoms with Crippen LogP contribution >= 0.6 is 43.2 Å². The van der Waals surface area contributed by atoms with Gasteiger partial charge in [0.25, 0.3) is 5.91 Å². The number of amides is 1. The zero-order chi connectivity index (χ0) is 20.3. The van der Waals surface area contributed by atoms with E-state index in [1.807, 2.05) is 12.1 Å². The lowest BCUT2D eigenvalue weighted by atomic mass is 9.88. The Hall–Kier alpha value is -1.38. The minimum Gasteiger partial charge on any atom is -0.483 e. The van der Waals surface area contributed by atoms with Crippen molar-refractivity contribution in [3.63, 3.8) is 0 Å². The summed E-state index contributed by atoms with van der Waals surface area (Å²) in [5.41, 5.74) is 1.53. The summed E-state index contributed by atoms with van der Waals surface area (Å²) in [7, 11) is 0. The molecule has 1 amide bonds. The standard InChI is InChI=1S/C20H21Br2NO4S/c1-3-26-20(25)18-13-6-4-11(2)8-16(13)28-19(18)23-17(24)10-27-15-7-5-12(21)9-14(15)22/h5,7,9,11H,3-4,6,8,10H2,1-2H3,(H,23,24)/t11-/m0/s1. The molecular formula is C20H21Br2NO4S. The van der Waals surface area contributed by atoms with Gasteiger partial charge in [0.05, 0.1) is 16.6 Å². The second kappa shape index (κ2) is 9.41. The lowest BCUT2D eigenvalue weighted by Gasteiger charge is -2.18. The molecule has 3 rings (SSSR count). The number of benzene rings is 1. The number of ether oxygens (including phenoxy) is 2. The molecule has 28 heavy (non-hydrogen) atoms. The predicted octanol–water partition coefficient (Wildman–Crippen LogP) is 5.59. The molecule has 0 spiro atoms. The van der Waals surface area contributed by atoms with Crippen LogP contribution in [0.5, 0.6) is 5.75 Å². The van der Waals surface area contributed by atoms with Crippen LogP contribution < -0.4 is 10.1 Å². The highest BCUT2D eigenvalue weighted by atomic mass is 79.9. The fourth-order valence-corrected chi connectivity index (χ4v) is 5.73. The van der Waals surface area contributed by atoms with Crippen LogP contribution in [0.25, 0.3) is 0 Å². The molecule has 1 aromatic carbocycles. The topological polar surface area (TPSA) is 64.6 Å². The predicted molar refractivity (Wildman–Crippen MR) is 117 cm³/mol. The minimum atomic E-state index is -0.374. The van der Waals surface area contributed by atoms with Crippen LogP contribution in [0, 0.1) is 5.92 Å². The molecular weight excluding hydrogens is 510 g/mol. The van der Waals surface area contributed by atoms with Gasteiger partial charge in [-0.3, -0.25) is 4.79 Å². The molecule has 0 saturated heterocycles. The van der Waals surface area contributed by atoms with Crippen LogP contribution in [0.4, 0.5) is 5.00 Å². The van der Waals surface area contributed by atoms with Crippen LogP contribution in [-0.4, -0.2) is 25.1 Å². The molecule has 2 aromatic rings. The summed E-state index contributed by atoms with van der Waals surface area (Å²) in [5, 5.41) is 3.41. The Morgan fingerprint density at radius 3 is 2.82 bits per heavy atom. The summed E-state index contributed by atoms with van der Waals surface area (Å²) >= 11 is 8.26. The van der Waals surface area contributed by atoms with E-state index in [-0.39, 0.29) is 18.5 Å². The van der Waals surface area contributed by atoms with Gasteiger partial charge >= 0.3 is 5.97 Å². The van der Waals surface area contributed by atoms with Gasteiger partial charge in [-0.1, -0.05) is 22.9 Å². The molecule has 0 radical (unpaired) electrons. The van der Waals surface area contributed by atoms with E-state index < -0.39 is 0 Å². The third-order valence-electron chi connectivity index (χ3n) is 4.50. The molecule has 8 heteroatoms. The van der Waals surface area contributed by atoms with Gasteiger partial charge in [-0.05, 0) is 71.8 Å². The molecule has 1 N–H and O–H groups in total. The highest BCUT2D eigenvalue weighted by Crippen LogP contribution is 2.40. The number of esters is 1. The van der Waals surface area contributed by atoms with E-state index in [0.717, 1.165) is 38.6 Å². The van der Waals surface area contributed by atoms with Gasteiger partial charge in [-0.15, -0.1) is 11.3 Å². The maximum absolute atomic E-state index is 12.5. The van der Waals surface area contributed by atoms with Crippen molar-refractivity contribution in [1.82, 2.24) is 0 Å². The summed E-state index contributed by atoms with van der Waals surface area (Å²) in [6.45, 7) is 4.13. The van der Waals surface area contributed by atoms with Crippen molar-refractivity contribution in [1.29, 1.82) is 0 Å². The van der Waals surface area contributed by atoms with Gasteiger partial charge in [0.1, 0.15) is 10.8 Å². The van der Waals surface area contributed by atoms with Crippen molar-refractivity contribution < 1.29 is 19.1 Å². The third kappa shape index (κ3) is 4.96. The smallest absolute Gasteiger partial charge is 0.341 e. The van der Waals surface area contributed by atoms with Crippen LogP contribution in [0.2, 0.25) is 0 Å². The Morgan fingerprint density at radius 2 is 2.11 bits per heavy atom. The maximum atomic E-state index is 12.5. The summed E-state index contributed by atoms with van der Waals surface area (Å²) in [5.74, 6) is 0.458. The second-order valence-electron chi connectivity index (χ2n) is 6.69. The Balaban J connectivity index is 1.75. The number of anilines is 1.